The van der Waals surface area contributed by atoms with Crippen LogP contribution < -0.4 is 14.4 Å². The molecule has 47 heavy (non-hydrogen) atoms. The van der Waals surface area contributed by atoms with E-state index < -0.39 is 28.5 Å². The number of halogens is 1. The average molecular weight is 674 g/mol. The molecule has 4 aromatic rings. The van der Waals surface area contributed by atoms with Crippen molar-refractivity contribution in [2.45, 2.75) is 62.6 Å². The number of rotatable bonds is 13. The monoisotopic (exact) mass is 673 g/mol. The first-order valence-corrected chi connectivity index (χ1v) is 17.6. The molecule has 0 saturated heterocycles. The number of carbonyl (C=O) groups excluding carboxylic acids is 2. The third-order valence-electron chi connectivity index (χ3n) is 8.52. The van der Waals surface area contributed by atoms with Crippen molar-refractivity contribution in [3.63, 3.8) is 0 Å². The average Bonchev–Trinajstić information content (AvgIpc) is 3.60. The van der Waals surface area contributed by atoms with Gasteiger partial charge in [-0.2, -0.15) is 0 Å². The minimum atomic E-state index is -4.22. The van der Waals surface area contributed by atoms with Crippen LogP contribution in [0, 0.1) is 6.92 Å². The summed E-state index contributed by atoms with van der Waals surface area (Å²) in [4.78, 5) is 30.2. The van der Waals surface area contributed by atoms with Crippen LogP contribution in [0.15, 0.2) is 108 Å². The Bertz CT molecular complexity index is 1760. The molecule has 1 saturated carbocycles. The van der Waals surface area contributed by atoms with Gasteiger partial charge in [0.2, 0.25) is 11.8 Å². The molecule has 0 aromatic heterocycles. The Morgan fingerprint density at radius 3 is 2.17 bits per heavy atom. The second-order valence-corrected chi connectivity index (χ2v) is 14.1. The highest BCUT2D eigenvalue weighted by Crippen LogP contribution is 2.28. The van der Waals surface area contributed by atoms with Crippen LogP contribution in [0.2, 0.25) is 5.02 Å². The maximum absolute atomic E-state index is 14.6. The van der Waals surface area contributed by atoms with Gasteiger partial charge in [-0.25, -0.2) is 8.42 Å². The molecule has 0 aliphatic heterocycles. The van der Waals surface area contributed by atoms with E-state index in [0.717, 1.165) is 41.1 Å². The zero-order valence-electron chi connectivity index (χ0n) is 26.6. The zero-order chi connectivity index (χ0) is 33.4. The Morgan fingerprint density at radius 2 is 1.53 bits per heavy atom. The lowest BCUT2D eigenvalue weighted by Crippen LogP contribution is -2.54. The van der Waals surface area contributed by atoms with Crippen molar-refractivity contribution in [3.8, 4) is 5.75 Å². The fraction of sp³-hybridized carbons (Fsp3) is 0.297. The van der Waals surface area contributed by atoms with Gasteiger partial charge >= 0.3 is 0 Å². The van der Waals surface area contributed by atoms with E-state index in [2.05, 4.69) is 5.32 Å². The van der Waals surface area contributed by atoms with E-state index in [1.54, 1.807) is 48.5 Å². The van der Waals surface area contributed by atoms with E-state index in [1.165, 1.54) is 24.1 Å². The lowest BCUT2D eigenvalue weighted by Gasteiger charge is -2.34. The number of nitrogens with one attached hydrogen (secondary N) is 1. The van der Waals surface area contributed by atoms with Crippen LogP contribution in [0.25, 0.3) is 0 Å². The summed E-state index contributed by atoms with van der Waals surface area (Å²) in [6.07, 6.45) is 4.06. The van der Waals surface area contributed by atoms with Gasteiger partial charge in [0.1, 0.15) is 18.3 Å². The molecule has 10 heteroatoms. The van der Waals surface area contributed by atoms with E-state index >= 15 is 0 Å². The van der Waals surface area contributed by atoms with Gasteiger partial charge in [-0.05, 0) is 73.4 Å². The normalized spacial score (nSPS) is 13.9. The summed E-state index contributed by atoms with van der Waals surface area (Å²) in [5.41, 5.74) is 2.78. The molecule has 1 N–H and O–H groups in total. The van der Waals surface area contributed by atoms with Crippen molar-refractivity contribution < 1.29 is 22.7 Å². The van der Waals surface area contributed by atoms with Crippen LogP contribution in [0.4, 0.5) is 5.69 Å². The Hall–Kier alpha value is -4.34. The standard InChI is InChI=1S/C37H40ClN3O5S/c1-27-16-18-31(19-17-27)41(47(44,45)33-22-20-32(46-2)21-23-33)26-36(42)40(25-29-12-6-9-15-34(29)38)35(24-28-10-4-3-5-11-28)37(43)39-30-13-7-8-14-30/h3-6,9-12,15-23,30,35H,7-8,13-14,24-26H2,1-2H3,(H,39,43). The second-order valence-electron chi connectivity index (χ2n) is 11.8. The summed E-state index contributed by atoms with van der Waals surface area (Å²) < 4.78 is 34.8. The summed E-state index contributed by atoms with van der Waals surface area (Å²) in [6, 6.07) is 28.8. The van der Waals surface area contributed by atoms with E-state index in [4.69, 9.17) is 16.3 Å². The quantitative estimate of drug-likeness (QED) is 0.174. The summed E-state index contributed by atoms with van der Waals surface area (Å²) in [5.74, 6) is -0.309. The van der Waals surface area contributed by atoms with Crippen molar-refractivity contribution in [2.24, 2.45) is 0 Å². The van der Waals surface area contributed by atoms with Crippen molar-refractivity contribution >= 4 is 39.1 Å². The fourth-order valence-electron chi connectivity index (χ4n) is 5.85. The number of methoxy groups -OCH3 is 1. The maximum atomic E-state index is 14.6. The van der Waals surface area contributed by atoms with Gasteiger partial charge < -0.3 is 15.0 Å². The molecule has 0 radical (unpaired) electrons. The van der Waals surface area contributed by atoms with Gasteiger partial charge in [0.15, 0.2) is 0 Å². The first-order valence-electron chi connectivity index (χ1n) is 15.8. The first-order chi connectivity index (χ1) is 22.7. The highest BCUT2D eigenvalue weighted by atomic mass is 35.5. The number of anilines is 1. The van der Waals surface area contributed by atoms with Crippen molar-refractivity contribution in [1.82, 2.24) is 10.2 Å². The summed E-state index contributed by atoms with van der Waals surface area (Å²) in [6.45, 7) is 1.38. The molecule has 1 aliphatic carbocycles. The Kier molecular flexibility index (Phi) is 11.2. The second kappa shape index (κ2) is 15.5. The third kappa shape index (κ3) is 8.53. The van der Waals surface area contributed by atoms with Gasteiger partial charge in [-0.15, -0.1) is 0 Å². The molecule has 0 bridgehead atoms. The van der Waals surface area contributed by atoms with Crippen LogP contribution >= 0.6 is 11.6 Å². The number of ether oxygens (including phenoxy) is 1. The van der Waals surface area contributed by atoms with E-state index in [-0.39, 0.29) is 29.8 Å². The van der Waals surface area contributed by atoms with E-state index in [1.807, 2.05) is 49.4 Å². The Balaban J connectivity index is 1.56. The summed E-state index contributed by atoms with van der Waals surface area (Å²) in [7, 11) is -2.72. The molecule has 1 unspecified atom stereocenters. The zero-order valence-corrected chi connectivity index (χ0v) is 28.2. The number of aryl methyl sites for hydroxylation is 1. The van der Waals surface area contributed by atoms with Crippen LogP contribution in [-0.4, -0.2) is 50.9 Å². The molecule has 2 amide bonds. The smallest absolute Gasteiger partial charge is 0.264 e. The van der Waals surface area contributed by atoms with Gasteiger partial charge in [-0.3, -0.25) is 13.9 Å². The van der Waals surface area contributed by atoms with Crippen molar-refractivity contribution in [3.05, 3.63) is 125 Å². The predicted molar refractivity (Wildman–Crippen MR) is 185 cm³/mol. The van der Waals surface area contributed by atoms with Crippen LogP contribution in [0.5, 0.6) is 5.75 Å². The minimum Gasteiger partial charge on any atom is -0.497 e. The van der Waals surface area contributed by atoms with Gasteiger partial charge in [0, 0.05) is 24.0 Å². The molecule has 0 spiro atoms. The summed E-state index contributed by atoms with van der Waals surface area (Å²) in [5, 5.41) is 3.63. The lowest BCUT2D eigenvalue weighted by atomic mass is 10.0. The first kappa shape index (κ1) is 34.0. The van der Waals surface area contributed by atoms with Crippen molar-refractivity contribution in [1.29, 1.82) is 0 Å². The molecule has 1 fully saturated rings. The topological polar surface area (TPSA) is 96.0 Å². The lowest BCUT2D eigenvalue weighted by molar-refractivity contribution is -0.140. The van der Waals surface area contributed by atoms with Crippen LogP contribution in [0.1, 0.15) is 42.4 Å². The minimum absolute atomic E-state index is 0.00383. The molecule has 4 aromatic carbocycles. The molecule has 1 atom stereocenters. The number of sulfonamides is 1. The molecule has 0 heterocycles. The van der Waals surface area contributed by atoms with Crippen LogP contribution in [-0.2, 0) is 32.6 Å². The molecule has 1 aliphatic rings. The number of hydrogen-bond acceptors (Lipinski definition) is 5. The van der Waals surface area contributed by atoms with Crippen molar-refractivity contribution in [2.75, 3.05) is 18.0 Å². The largest absolute Gasteiger partial charge is 0.497 e. The highest BCUT2D eigenvalue weighted by molar-refractivity contribution is 7.92. The highest BCUT2D eigenvalue weighted by Gasteiger charge is 2.35. The third-order valence-corrected chi connectivity index (χ3v) is 10.7. The number of hydrogen-bond donors (Lipinski definition) is 1. The van der Waals surface area contributed by atoms with Gasteiger partial charge in [0.25, 0.3) is 10.0 Å². The molecular weight excluding hydrogens is 634 g/mol. The fourth-order valence-corrected chi connectivity index (χ4v) is 7.46. The maximum Gasteiger partial charge on any atom is 0.264 e. The Morgan fingerprint density at radius 1 is 0.894 bits per heavy atom. The molecule has 246 valence electrons. The van der Waals surface area contributed by atoms with Gasteiger partial charge in [0.05, 0.1) is 17.7 Å². The number of nitrogens with zero attached hydrogens (tertiary/aromatic N) is 2. The van der Waals surface area contributed by atoms with Gasteiger partial charge in [-0.1, -0.05) is 90.7 Å². The Labute approximate surface area is 282 Å². The number of benzene rings is 4. The molecule has 8 nitrogen and oxygen atoms in total. The van der Waals surface area contributed by atoms with E-state index in [9.17, 15) is 18.0 Å². The summed E-state index contributed by atoms with van der Waals surface area (Å²) >= 11 is 6.59. The predicted octanol–water partition coefficient (Wildman–Crippen LogP) is 6.55. The van der Waals surface area contributed by atoms with E-state index in [0.29, 0.717) is 22.0 Å². The molecular formula is C37H40ClN3O5S. The molecule has 5 rings (SSSR count). The number of carbonyl (C=O) groups is 2. The number of amides is 2. The SMILES string of the molecule is COc1ccc(S(=O)(=O)N(CC(=O)N(Cc2ccccc2Cl)C(Cc2ccccc2)C(=O)NC2CCCC2)c2ccc(C)cc2)cc1. The van der Waals surface area contributed by atoms with Crippen LogP contribution in [0.3, 0.4) is 0 Å².